The van der Waals surface area contributed by atoms with Crippen LogP contribution in [0.1, 0.15) is 25.3 Å². The molecule has 1 aromatic rings. The van der Waals surface area contributed by atoms with Crippen molar-refractivity contribution in [2.75, 3.05) is 20.2 Å². The van der Waals surface area contributed by atoms with Crippen LogP contribution in [0, 0.1) is 5.92 Å². The molecule has 1 aromatic carbocycles. The summed E-state index contributed by atoms with van der Waals surface area (Å²) in [4.78, 5) is 14.1. The van der Waals surface area contributed by atoms with Crippen LogP contribution in [-0.2, 0) is 4.79 Å². The van der Waals surface area contributed by atoms with Crippen LogP contribution in [0.5, 0.6) is 5.75 Å². The number of ether oxygens (including phenoxy) is 1. The van der Waals surface area contributed by atoms with E-state index in [0.29, 0.717) is 0 Å². The Bertz CT molecular complexity index is 505. The number of nitrogens with zero attached hydrogens (tertiary/aromatic N) is 1. The molecule has 1 saturated heterocycles. The van der Waals surface area contributed by atoms with Crippen molar-refractivity contribution in [2.45, 2.75) is 19.8 Å². The Morgan fingerprint density at radius 3 is 2.75 bits per heavy atom. The highest BCUT2D eigenvalue weighted by Crippen LogP contribution is 2.24. The monoisotopic (exact) mass is 337 g/mol. The van der Waals surface area contributed by atoms with Crippen LogP contribution >= 0.6 is 15.9 Å². The first-order chi connectivity index (χ1) is 9.60. The largest absolute Gasteiger partial charge is 0.496 e. The van der Waals surface area contributed by atoms with Crippen molar-refractivity contribution in [3.05, 3.63) is 34.3 Å². The molecule has 20 heavy (non-hydrogen) atoms. The van der Waals surface area contributed by atoms with Crippen molar-refractivity contribution in [3.63, 3.8) is 0 Å². The van der Waals surface area contributed by atoms with E-state index in [4.69, 9.17) is 4.74 Å². The molecule has 0 spiro atoms. The average molecular weight is 338 g/mol. The summed E-state index contributed by atoms with van der Waals surface area (Å²) in [5.41, 5.74) is 0.903. The predicted octanol–water partition coefficient (Wildman–Crippen LogP) is 3.73. The van der Waals surface area contributed by atoms with E-state index in [1.54, 1.807) is 13.2 Å². The Morgan fingerprint density at radius 1 is 1.40 bits per heavy atom. The van der Waals surface area contributed by atoms with Crippen molar-refractivity contribution >= 4 is 27.9 Å². The highest BCUT2D eigenvalue weighted by atomic mass is 79.9. The molecule has 1 heterocycles. The molecular weight excluding hydrogens is 318 g/mol. The van der Waals surface area contributed by atoms with Crippen LogP contribution < -0.4 is 4.74 Å². The number of likely N-dealkylation sites (tertiary alicyclic amines) is 1. The lowest BCUT2D eigenvalue weighted by Crippen LogP contribution is -2.36. The van der Waals surface area contributed by atoms with Gasteiger partial charge in [0.25, 0.3) is 0 Å². The van der Waals surface area contributed by atoms with Gasteiger partial charge < -0.3 is 9.64 Å². The van der Waals surface area contributed by atoms with Crippen LogP contribution in [-0.4, -0.2) is 31.0 Å². The molecule has 3 nitrogen and oxygen atoms in total. The molecule has 0 radical (unpaired) electrons. The van der Waals surface area contributed by atoms with E-state index in [1.165, 1.54) is 0 Å². The summed E-state index contributed by atoms with van der Waals surface area (Å²) in [6.07, 6.45) is 5.66. The lowest BCUT2D eigenvalue weighted by atomic mass is 9.99. The number of halogens is 1. The number of hydrogen-bond donors (Lipinski definition) is 0. The molecule has 0 bridgehead atoms. The second-order valence-electron chi connectivity index (χ2n) is 5.23. The molecular formula is C16H20BrNO2. The predicted molar refractivity (Wildman–Crippen MR) is 84.7 cm³/mol. The summed E-state index contributed by atoms with van der Waals surface area (Å²) in [5.74, 6) is 1.58. The van der Waals surface area contributed by atoms with Gasteiger partial charge in [0.05, 0.1) is 7.11 Å². The Balaban J connectivity index is 2.05. The number of hydrogen-bond acceptors (Lipinski definition) is 2. The Hall–Kier alpha value is -1.29. The highest BCUT2D eigenvalue weighted by Gasteiger charge is 2.18. The Labute approximate surface area is 128 Å². The van der Waals surface area contributed by atoms with Crippen LogP contribution in [0.2, 0.25) is 0 Å². The van der Waals surface area contributed by atoms with Crippen molar-refractivity contribution in [2.24, 2.45) is 5.92 Å². The summed E-state index contributed by atoms with van der Waals surface area (Å²) in [6.45, 7) is 3.96. The maximum Gasteiger partial charge on any atom is 0.246 e. The van der Waals surface area contributed by atoms with E-state index >= 15 is 0 Å². The third-order valence-electron chi connectivity index (χ3n) is 3.69. The number of methoxy groups -OCH3 is 1. The summed E-state index contributed by atoms with van der Waals surface area (Å²) in [5, 5.41) is 0. The minimum atomic E-state index is 0.0823. The standard InChI is InChI=1S/C16H20BrNO2/c1-12-7-9-18(10-8-12)16(19)6-3-13-11-14(17)4-5-15(13)20-2/h3-6,11-12H,7-10H2,1-2H3. The fourth-order valence-electron chi connectivity index (χ4n) is 2.33. The van der Waals surface area contributed by atoms with Crippen LogP contribution in [0.15, 0.2) is 28.7 Å². The van der Waals surface area contributed by atoms with Gasteiger partial charge in [-0.05, 0) is 43.0 Å². The van der Waals surface area contributed by atoms with Crippen LogP contribution in [0.25, 0.3) is 6.08 Å². The molecule has 4 heteroatoms. The van der Waals surface area contributed by atoms with Crippen molar-refractivity contribution in [3.8, 4) is 5.75 Å². The summed E-state index contributed by atoms with van der Waals surface area (Å²) < 4.78 is 6.26. The van der Waals surface area contributed by atoms with Crippen LogP contribution in [0.4, 0.5) is 0 Å². The zero-order chi connectivity index (χ0) is 14.5. The smallest absolute Gasteiger partial charge is 0.246 e. The van der Waals surface area contributed by atoms with Gasteiger partial charge in [-0.25, -0.2) is 0 Å². The van der Waals surface area contributed by atoms with E-state index in [-0.39, 0.29) is 5.91 Å². The quantitative estimate of drug-likeness (QED) is 0.786. The molecule has 0 atom stereocenters. The molecule has 0 saturated carbocycles. The summed E-state index contributed by atoms with van der Waals surface area (Å²) in [6, 6.07) is 5.75. The second kappa shape index (κ2) is 6.93. The highest BCUT2D eigenvalue weighted by molar-refractivity contribution is 9.10. The zero-order valence-electron chi connectivity index (χ0n) is 11.9. The molecule has 1 fully saturated rings. The molecule has 0 N–H and O–H groups in total. The average Bonchev–Trinajstić information content (AvgIpc) is 2.45. The van der Waals surface area contributed by atoms with Gasteiger partial charge in [0.2, 0.25) is 5.91 Å². The molecule has 108 valence electrons. The maximum absolute atomic E-state index is 12.1. The number of rotatable bonds is 3. The minimum absolute atomic E-state index is 0.0823. The van der Waals surface area contributed by atoms with Gasteiger partial charge >= 0.3 is 0 Å². The third kappa shape index (κ3) is 3.85. The maximum atomic E-state index is 12.1. The first kappa shape index (κ1) is 15.1. The molecule has 0 unspecified atom stereocenters. The van der Waals surface area contributed by atoms with E-state index in [1.807, 2.05) is 29.2 Å². The Kier molecular flexibility index (Phi) is 5.24. The van der Waals surface area contributed by atoms with Gasteiger partial charge in [-0.3, -0.25) is 4.79 Å². The number of carbonyl (C=O) groups excluding carboxylic acids is 1. The first-order valence-electron chi connectivity index (χ1n) is 6.90. The molecule has 2 rings (SSSR count). The third-order valence-corrected chi connectivity index (χ3v) is 4.19. The SMILES string of the molecule is COc1ccc(Br)cc1C=CC(=O)N1CCC(C)CC1. The number of piperidine rings is 1. The van der Waals surface area contributed by atoms with Crippen molar-refractivity contribution in [1.82, 2.24) is 4.90 Å². The van der Waals surface area contributed by atoms with E-state index in [0.717, 1.165) is 47.6 Å². The molecule has 0 aliphatic carbocycles. The fourth-order valence-corrected chi connectivity index (χ4v) is 2.71. The van der Waals surface area contributed by atoms with Gasteiger partial charge in [-0.2, -0.15) is 0 Å². The van der Waals surface area contributed by atoms with E-state index in [2.05, 4.69) is 22.9 Å². The second-order valence-corrected chi connectivity index (χ2v) is 6.14. The van der Waals surface area contributed by atoms with Crippen molar-refractivity contribution < 1.29 is 9.53 Å². The Morgan fingerprint density at radius 2 is 2.10 bits per heavy atom. The summed E-state index contributed by atoms with van der Waals surface area (Å²) >= 11 is 3.43. The molecule has 0 aromatic heterocycles. The minimum Gasteiger partial charge on any atom is -0.496 e. The van der Waals surface area contributed by atoms with Gasteiger partial charge in [0.15, 0.2) is 0 Å². The van der Waals surface area contributed by atoms with Crippen molar-refractivity contribution in [1.29, 1.82) is 0 Å². The number of benzene rings is 1. The lowest BCUT2D eigenvalue weighted by molar-refractivity contribution is -0.127. The number of carbonyl (C=O) groups is 1. The number of amides is 1. The molecule has 1 aliphatic heterocycles. The van der Waals surface area contributed by atoms with E-state index < -0.39 is 0 Å². The normalized spacial score (nSPS) is 16.6. The topological polar surface area (TPSA) is 29.5 Å². The lowest BCUT2D eigenvalue weighted by Gasteiger charge is -2.29. The molecule has 1 aliphatic rings. The molecule has 1 amide bonds. The van der Waals surface area contributed by atoms with Gasteiger partial charge in [-0.15, -0.1) is 0 Å². The van der Waals surface area contributed by atoms with Gasteiger partial charge in [0, 0.05) is 29.2 Å². The first-order valence-corrected chi connectivity index (χ1v) is 7.70. The van der Waals surface area contributed by atoms with Crippen LogP contribution in [0.3, 0.4) is 0 Å². The summed E-state index contributed by atoms with van der Waals surface area (Å²) in [7, 11) is 1.63. The zero-order valence-corrected chi connectivity index (χ0v) is 13.5. The van der Waals surface area contributed by atoms with Gasteiger partial charge in [-0.1, -0.05) is 22.9 Å². The van der Waals surface area contributed by atoms with E-state index in [9.17, 15) is 4.79 Å². The fraction of sp³-hybridized carbons (Fsp3) is 0.438. The van der Waals surface area contributed by atoms with Gasteiger partial charge in [0.1, 0.15) is 5.75 Å².